The van der Waals surface area contributed by atoms with Crippen LogP contribution in [0.1, 0.15) is 277 Å². The van der Waals surface area contributed by atoms with E-state index in [1.165, 1.54) is 135 Å². The van der Waals surface area contributed by atoms with Gasteiger partial charge in [-0.15, -0.1) is 0 Å². The number of aliphatic hydroxyl groups is 1. The van der Waals surface area contributed by atoms with Gasteiger partial charge in [0.05, 0.1) is 39.9 Å². The van der Waals surface area contributed by atoms with E-state index in [0.29, 0.717) is 17.4 Å². The van der Waals surface area contributed by atoms with Gasteiger partial charge in [-0.05, 0) is 122 Å². The quantitative estimate of drug-likeness (QED) is 0.0243. The molecule has 0 saturated carbocycles. The third-order valence-corrected chi connectivity index (χ3v) is 15.9. The number of nitrogens with one attached hydrogen (secondary N) is 1. The molecule has 0 fully saturated rings. The molecule has 0 aliphatic rings. The van der Waals surface area contributed by atoms with Crippen LogP contribution in [-0.2, 0) is 18.4 Å². The van der Waals surface area contributed by atoms with Gasteiger partial charge in [0.25, 0.3) is 0 Å². The average molecular weight is 1230 g/mol. The Morgan fingerprint density at radius 1 is 0.402 bits per heavy atom. The summed E-state index contributed by atoms with van der Waals surface area (Å²) in [5.41, 5.74) is 0. The highest BCUT2D eigenvalue weighted by atomic mass is 31.2. The second-order valence-electron chi connectivity index (χ2n) is 24.5. The molecule has 0 aromatic heterocycles. The fourth-order valence-corrected chi connectivity index (χ4v) is 10.3. The molecule has 0 aromatic carbocycles. The molecule has 0 rings (SSSR count). The van der Waals surface area contributed by atoms with Crippen LogP contribution in [0.4, 0.5) is 0 Å². The van der Waals surface area contributed by atoms with E-state index in [0.717, 1.165) is 122 Å². The van der Waals surface area contributed by atoms with Gasteiger partial charge in [0, 0.05) is 6.42 Å². The van der Waals surface area contributed by atoms with Crippen molar-refractivity contribution in [3.05, 3.63) is 158 Å². The topological polar surface area (TPSA) is 105 Å². The summed E-state index contributed by atoms with van der Waals surface area (Å²) in [4.78, 5) is 23.4. The number of hydrogen-bond acceptors (Lipinski definition) is 5. The maximum atomic E-state index is 13.0. The monoisotopic (exact) mass is 1230 g/mol. The average Bonchev–Trinajstić information content (AvgIpc) is 3.70. The number of quaternary nitrogens is 1. The highest BCUT2D eigenvalue weighted by Gasteiger charge is 2.28. The van der Waals surface area contributed by atoms with Crippen LogP contribution >= 0.6 is 7.82 Å². The Morgan fingerprint density at radius 2 is 0.701 bits per heavy atom. The number of nitrogens with zero attached hydrogens (tertiary/aromatic N) is 1. The van der Waals surface area contributed by atoms with Gasteiger partial charge in [0.2, 0.25) is 5.91 Å². The number of likely N-dealkylation sites (N-methyl/N-ethyl adjacent to an activating group) is 1. The zero-order chi connectivity index (χ0) is 63.4. The van der Waals surface area contributed by atoms with Gasteiger partial charge in [0.1, 0.15) is 13.2 Å². The highest BCUT2D eigenvalue weighted by molar-refractivity contribution is 7.47. The lowest BCUT2D eigenvalue weighted by Crippen LogP contribution is -2.45. The molecule has 0 aliphatic carbocycles. The Labute approximate surface area is 537 Å². The summed E-state index contributed by atoms with van der Waals surface area (Å²) in [6.45, 7) is 4.66. The molecule has 87 heavy (non-hydrogen) atoms. The van der Waals surface area contributed by atoms with Gasteiger partial charge in [-0.25, -0.2) is 4.57 Å². The number of carbonyl (C=O) groups excluding carboxylic acids is 1. The van der Waals surface area contributed by atoms with Gasteiger partial charge in [-0.1, -0.05) is 307 Å². The van der Waals surface area contributed by atoms with E-state index in [9.17, 15) is 19.4 Å². The maximum Gasteiger partial charge on any atom is 0.472 e. The zero-order valence-corrected chi connectivity index (χ0v) is 57.6. The van der Waals surface area contributed by atoms with Crippen LogP contribution in [0.25, 0.3) is 0 Å². The van der Waals surface area contributed by atoms with E-state index in [4.69, 9.17) is 9.05 Å². The summed E-state index contributed by atoms with van der Waals surface area (Å²) >= 11 is 0. The van der Waals surface area contributed by atoms with Crippen molar-refractivity contribution in [3.8, 4) is 0 Å². The van der Waals surface area contributed by atoms with Crippen LogP contribution < -0.4 is 5.32 Å². The summed E-state index contributed by atoms with van der Waals surface area (Å²) in [6, 6.07) is -0.898. The molecule has 0 aliphatic heterocycles. The number of allylic oxidation sites excluding steroid dienone is 25. The molecule has 3 N–H and O–H groups in total. The van der Waals surface area contributed by atoms with E-state index in [1.54, 1.807) is 6.08 Å². The normalized spacial score (nSPS) is 14.6. The molecule has 0 aromatic rings. The van der Waals surface area contributed by atoms with Gasteiger partial charge in [0.15, 0.2) is 0 Å². The number of aliphatic hydroxyl groups excluding tert-OH is 1. The Morgan fingerprint density at radius 3 is 1.06 bits per heavy atom. The second kappa shape index (κ2) is 66.5. The van der Waals surface area contributed by atoms with Crippen molar-refractivity contribution in [2.75, 3.05) is 40.9 Å². The first kappa shape index (κ1) is 83.1. The molecule has 0 radical (unpaired) electrons. The number of carbonyl (C=O) groups is 1. The standard InChI is InChI=1S/C78H133N2O6P/c1-6-8-10-12-14-16-18-20-22-24-26-28-30-32-34-36-38-39-40-41-42-44-46-48-50-52-54-56-58-60-62-64-66-68-70-72-78(82)79-76(75-86-87(83,84)85-74-73-80(3,4)5)77(81)71-69-67-65-63-61-59-57-55-53-51-49-47-45-43-37-35-33-31-29-27-25-23-21-19-17-15-13-11-9-7-2/h8,10,14,16,20,22,26,28,32,34,38-39,41-42,46,48,52-55,58,60-61,63,69,71,76-77,81H,6-7,9,11-13,15,17-19,21,23-25,27,29-31,33,35-37,40,43-45,47,49-51,56-57,59,62,64-68,70,72-75H2,1-5H3,(H-,79,82,83,84)/p+1/b10-8-,16-14-,22-20-,28-26-,34-32-,39-38-,42-41-,48-46-,54-52-,55-53+,60-58-,63-61+,71-69+. The van der Waals surface area contributed by atoms with Crippen LogP contribution in [0.5, 0.6) is 0 Å². The lowest BCUT2D eigenvalue weighted by atomic mass is 10.0. The fraction of sp³-hybridized carbons (Fsp3) is 0.654. The van der Waals surface area contributed by atoms with E-state index in [-0.39, 0.29) is 19.1 Å². The molecule has 1 amide bonds. The van der Waals surface area contributed by atoms with Crippen molar-refractivity contribution < 1.29 is 32.9 Å². The van der Waals surface area contributed by atoms with Crippen LogP contribution in [0.15, 0.2) is 158 Å². The lowest BCUT2D eigenvalue weighted by Gasteiger charge is -2.25. The Bertz CT molecular complexity index is 1980. The molecule has 0 heterocycles. The predicted octanol–water partition coefficient (Wildman–Crippen LogP) is 22.9. The molecule has 3 unspecified atom stereocenters. The van der Waals surface area contributed by atoms with Crippen molar-refractivity contribution in [3.63, 3.8) is 0 Å². The van der Waals surface area contributed by atoms with Crippen molar-refractivity contribution >= 4 is 13.7 Å². The Kier molecular flexibility index (Phi) is 63.6. The number of phosphoric acid groups is 1. The van der Waals surface area contributed by atoms with E-state index >= 15 is 0 Å². The minimum atomic E-state index is -4.39. The first-order chi connectivity index (χ1) is 42.5. The zero-order valence-electron chi connectivity index (χ0n) is 56.7. The Balaban J connectivity index is 4.27. The van der Waals surface area contributed by atoms with E-state index < -0.39 is 20.0 Å². The minimum Gasteiger partial charge on any atom is -0.387 e. The summed E-state index contributed by atoms with van der Waals surface area (Å²) in [5, 5.41) is 14.0. The maximum absolute atomic E-state index is 13.0. The molecule has 0 spiro atoms. The van der Waals surface area contributed by atoms with Crippen LogP contribution in [-0.4, -0.2) is 73.4 Å². The van der Waals surface area contributed by atoms with E-state index in [1.807, 2.05) is 27.2 Å². The smallest absolute Gasteiger partial charge is 0.387 e. The van der Waals surface area contributed by atoms with Gasteiger partial charge in [-0.3, -0.25) is 13.8 Å². The fourth-order valence-electron chi connectivity index (χ4n) is 9.51. The van der Waals surface area contributed by atoms with Crippen LogP contribution in [0, 0.1) is 0 Å². The molecule has 8 nitrogen and oxygen atoms in total. The number of hydrogen-bond donors (Lipinski definition) is 3. The number of unbranched alkanes of at least 4 members (excludes halogenated alkanes) is 26. The summed E-state index contributed by atoms with van der Waals surface area (Å²) in [7, 11) is 1.51. The molecule has 0 saturated heterocycles. The number of amides is 1. The molecule has 3 atom stereocenters. The van der Waals surface area contributed by atoms with Crippen molar-refractivity contribution in [2.45, 2.75) is 289 Å². The molecular formula is C78H134N2O6P+. The van der Waals surface area contributed by atoms with E-state index in [2.05, 4.69) is 165 Å². The largest absolute Gasteiger partial charge is 0.472 e. The van der Waals surface area contributed by atoms with Crippen molar-refractivity contribution in [2.24, 2.45) is 0 Å². The predicted molar refractivity (Wildman–Crippen MR) is 382 cm³/mol. The molecule has 0 bridgehead atoms. The highest BCUT2D eigenvalue weighted by Crippen LogP contribution is 2.43. The third kappa shape index (κ3) is 69.5. The summed E-state index contributed by atoms with van der Waals surface area (Å²) in [6.07, 6.45) is 104. The summed E-state index contributed by atoms with van der Waals surface area (Å²) < 4.78 is 23.8. The molecule has 496 valence electrons. The van der Waals surface area contributed by atoms with Crippen LogP contribution in [0.2, 0.25) is 0 Å². The summed E-state index contributed by atoms with van der Waals surface area (Å²) in [5.74, 6) is -0.220. The molecular weight excluding hydrogens is 1090 g/mol. The third-order valence-electron chi connectivity index (χ3n) is 15.0. The van der Waals surface area contributed by atoms with Crippen molar-refractivity contribution in [1.29, 1.82) is 0 Å². The van der Waals surface area contributed by atoms with Gasteiger partial charge < -0.3 is 19.8 Å². The minimum absolute atomic E-state index is 0.0394. The number of phosphoric ester groups is 1. The number of rotatable bonds is 63. The first-order valence-electron chi connectivity index (χ1n) is 35.4. The van der Waals surface area contributed by atoms with Gasteiger partial charge in [-0.2, -0.15) is 0 Å². The van der Waals surface area contributed by atoms with Crippen LogP contribution in [0.3, 0.4) is 0 Å². The first-order valence-corrected chi connectivity index (χ1v) is 36.9. The molecule has 9 heteroatoms. The SMILES string of the molecule is CC/C=C\C/C=C\C/C=C\C/C=C\C/C=C\C/C=C\C/C=C\C/C=C\C/C=C\C/C=C\CCCCCCC(=O)NC(COP(=O)(O)OCC[N+](C)(C)C)C(O)/C=C/CC/C=C/CC/C=C/CCCCCCCCCCCCCCCCCCCCCC. The second-order valence-corrected chi connectivity index (χ2v) is 26.0. The lowest BCUT2D eigenvalue weighted by molar-refractivity contribution is -0.870. The van der Waals surface area contributed by atoms with Crippen molar-refractivity contribution in [1.82, 2.24) is 5.32 Å². The Hall–Kier alpha value is -3.88. The van der Waals surface area contributed by atoms with Gasteiger partial charge >= 0.3 is 7.82 Å².